The third-order valence-corrected chi connectivity index (χ3v) is 5.59. The highest BCUT2D eigenvalue weighted by Crippen LogP contribution is 2.19. The number of rotatable bonds is 7. The van der Waals surface area contributed by atoms with Crippen molar-refractivity contribution in [2.45, 2.75) is 32.2 Å². The van der Waals surface area contributed by atoms with Crippen LogP contribution in [0.15, 0.2) is 65.7 Å². The quantitative estimate of drug-likeness (QED) is 0.615. The van der Waals surface area contributed by atoms with E-state index in [9.17, 15) is 13.2 Å². The molecule has 152 valence electrons. The first-order valence-electron chi connectivity index (χ1n) is 9.27. The molecule has 1 heterocycles. The van der Waals surface area contributed by atoms with E-state index in [4.69, 9.17) is 0 Å². The van der Waals surface area contributed by atoms with Gasteiger partial charge in [0.2, 0.25) is 0 Å². The average Bonchev–Trinajstić information content (AvgIpc) is 3.09. The number of aryl methyl sites for hydroxylation is 1. The lowest BCUT2D eigenvalue weighted by molar-refractivity contribution is 0.102. The van der Waals surface area contributed by atoms with Crippen LogP contribution in [0.3, 0.4) is 0 Å². The zero-order valence-corrected chi connectivity index (χ0v) is 17.4. The van der Waals surface area contributed by atoms with Gasteiger partial charge in [-0.1, -0.05) is 37.6 Å². The van der Waals surface area contributed by atoms with Crippen LogP contribution >= 0.6 is 0 Å². The predicted octanol–water partition coefficient (Wildman–Crippen LogP) is 3.90. The van der Waals surface area contributed by atoms with E-state index >= 15 is 0 Å². The fourth-order valence-corrected chi connectivity index (χ4v) is 3.86. The van der Waals surface area contributed by atoms with Gasteiger partial charge in [-0.2, -0.15) is 5.10 Å². The molecule has 3 aromatic rings. The molecule has 0 aliphatic carbocycles. The molecule has 0 aliphatic heterocycles. The zero-order valence-electron chi connectivity index (χ0n) is 16.6. The first-order chi connectivity index (χ1) is 13.7. The van der Waals surface area contributed by atoms with Gasteiger partial charge in [-0.15, -0.1) is 0 Å². The molecule has 0 saturated heterocycles. The number of nitrogens with zero attached hydrogens (tertiary/aromatic N) is 2. The van der Waals surface area contributed by atoms with Crippen molar-refractivity contribution in [3.05, 3.63) is 71.9 Å². The maximum Gasteiger partial charge on any atom is 0.261 e. The van der Waals surface area contributed by atoms with Gasteiger partial charge in [0.25, 0.3) is 15.9 Å². The Hall–Kier alpha value is -3.13. The number of sulfonamides is 1. The number of nitrogens with one attached hydrogen (secondary N) is 2. The molecule has 2 N–H and O–H groups in total. The molecule has 0 spiro atoms. The van der Waals surface area contributed by atoms with E-state index < -0.39 is 15.9 Å². The van der Waals surface area contributed by atoms with Crippen LogP contribution in [0, 0.1) is 12.8 Å². The van der Waals surface area contributed by atoms with E-state index in [1.54, 1.807) is 41.2 Å². The van der Waals surface area contributed by atoms with Crippen molar-refractivity contribution in [2.24, 2.45) is 5.92 Å². The van der Waals surface area contributed by atoms with Gasteiger partial charge in [0.15, 0.2) is 0 Å². The molecule has 0 atom stereocenters. The molecule has 8 heteroatoms. The molecule has 0 fully saturated rings. The molecule has 0 unspecified atom stereocenters. The van der Waals surface area contributed by atoms with Gasteiger partial charge >= 0.3 is 0 Å². The Morgan fingerprint density at radius 1 is 1.10 bits per heavy atom. The summed E-state index contributed by atoms with van der Waals surface area (Å²) in [6, 6.07) is 14.7. The van der Waals surface area contributed by atoms with Gasteiger partial charge < -0.3 is 5.32 Å². The third-order valence-electron chi connectivity index (χ3n) is 4.21. The molecule has 0 bridgehead atoms. The number of carbonyl (C=O) groups is 1. The molecular weight excluding hydrogens is 388 g/mol. The van der Waals surface area contributed by atoms with Crippen molar-refractivity contribution >= 4 is 27.4 Å². The van der Waals surface area contributed by atoms with Crippen molar-refractivity contribution in [1.82, 2.24) is 9.78 Å². The summed E-state index contributed by atoms with van der Waals surface area (Å²) >= 11 is 0. The fourth-order valence-electron chi connectivity index (χ4n) is 2.76. The van der Waals surface area contributed by atoms with Crippen LogP contribution in [-0.4, -0.2) is 24.1 Å². The third kappa shape index (κ3) is 5.23. The topological polar surface area (TPSA) is 93.1 Å². The van der Waals surface area contributed by atoms with Crippen molar-refractivity contribution in [2.75, 3.05) is 10.0 Å². The maximum atomic E-state index is 12.7. The first-order valence-corrected chi connectivity index (χ1v) is 10.8. The van der Waals surface area contributed by atoms with Crippen molar-refractivity contribution < 1.29 is 13.2 Å². The van der Waals surface area contributed by atoms with Gasteiger partial charge in [0, 0.05) is 23.9 Å². The van der Waals surface area contributed by atoms with E-state index in [2.05, 4.69) is 29.0 Å². The summed E-state index contributed by atoms with van der Waals surface area (Å²) in [5.41, 5.74) is 1.74. The van der Waals surface area contributed by atoms with Gasteiger partial charge in [-0.3, -0.25) is 9.52 Å². The number of amides is 1. The maximum absolute atomic E-state index is 12.7. The van der Waals surface area contributed by atoms with Crippen LogP contribution < -0.4 is 10.0 Å². The Labute approximate surface area is 170 Å². The summed E-state index contributed by atoms with van der Waals surface area (Å²) in [6.45, 7) is 6.70. The summed E-state index contributed by atoms with van der Waals surface area (Å²) in [7, 11) is -3.82. The minimum absolute atomic E-state index is 0.0152. The van der Waals surface area contributed by atoms with Crippen LogP contribution in [0.4, 0.5) is 11.5 Å². The first kappa shape index (κ1) is 20.6. The molecule has 7 nitrogen and oxygen atoms in total. The van der Waals surface area contributed by atoms with Crippen LogP contribution in [0.25, 0.3) is 0 Å². The lowest BCUT2D eigenvalue weighted by Crippen LogP contribution is -2.18. The Morgan fingerprint density at radius 3 is 2.52 bits per heavy atom. The van der Waals surface area contributed by atoms with Crippen molar-refractivity contribution in [3.8, 4) is 0 Å². The molecule has 1 aromatic heterocycles. The number of aromatic nitrogens is 2. The molecular formula is C21H24N4O3S. The Balaban J connectivity index is 1.79. The highest BCUT2D eigenvalue weighted by atomic mass is 32.2. The number of carbonyl (C=O) groups excluding carboxylic acids is 1. The molecule has 1 amide bonds. The highest BCUT2D eigenvalue weighted by Gasteiger charge is 2.17. The zero-order chi connectivity index (χ0) is 21.0. The number of anilines is 2. The normalized spacial score (nSPS) is 11.4. The van der Waals surface area contributed by atoms with Gasteiger partial charge in [-0.25, -0.2) is 13.1 Å². The predicted molar refractivity (Wildman–Crippen MR) is 113 cm³/mol. The molecule has 0 saturated carbocycles. The molecule has 0 aliphatic rings. The average molecular weight is 413 g/mol. The van der Waals surface area contributed by atoms with Gasteiger partial charge in [0.05, 0.1) is 11.1 Å². The van der Waals surface area contributed by atoms with E-state index in [0.717, 1.165) is 5.56 Å². The number of benzene rings is 2. The van der Waals surface area contributed by atoms with Crippen molar-refractivity contribution in [3.63, 3.8) is 0 Å². The molecule has 29 heavy (non-hydrogen) atoms. The van der Waals surface area contributed by atoms with Gasteiger partial charge in [0.1, 0.15) is 5.82 Å². The summed E-state index contributed by atoms with van der Waals surface area (Å²) in [5, 5.41) is 7.00. The lowest BCUT2D eigenvalue weighted by atomic mass is 10.2. The van der Waals surface area contributed by atoms with Crippen molar-refractivity contribution in [1.29, 1.82) is 0 Å². The lowest BCUT2D eigenvalue weighted by Gasteiger charge is -2.12. The van der Waals surface area contributed by atoms with Crippen LogP contribution in [0.1, 0.15) is 29.8 Å². The monoisotopic (exact) mass is 412 g/mol. The minimum atomic E-state index is -3.82. The summed E-state index contributed by atoms with van der Waals surface area (Å²) in [6.07, 6.45) is 1.62. The van der Waals surface area contributed by atoms with Crippen LogP contribution in [0.2, 0.25) is 0 Å². The van der Waals surface area contributed by atoms with E-state index in [1.807, 2.05) is 19.1 Å². The van der Waals surface area contributed by atoms with Crippen LogP contribution in [0.5, 0.6) is 0 Å². The second kappa shape index (κ2) is 8.48. The molecule has 2 aromatic carbocycles. The van der Waals surface area contributed by atoms with E-state index in [-0.39, 0.29) is 10.5 Å². The second-order valence-corrected chi connectivity index (χ2v) is 8.93. The largest absolute Gasteiger partial charge is 0.307 e. The van der Waals surface area contributed by atoms with Gasteiger partial charge in [-0.05, 0) is 43.2 Å². The van der Waals surface area contributed by atoms with E-state index in [1.165, 1.54) is 12.1 Å². The minimum Gasteiger partial charge on any atom is -0.307 e. The second-order valence-electron chi connectivity index (χ2n) is 7.25. The van der Waals surface area contributed by atoms with E-state index in [0.29, 0.717) is 24.0 Å². The Bertz CT molecular complexity index is 1100. The van der Waals surface area contributed by atoms with Crippen LogP contribution in [-0.2, 0) is 16.6 Å². The summed E-state index contributed by atoms with van der Waals surface area (Å²) in [4.78, 5) is 12.7. The summed E-state index contributed by atoms with van der Waals surface area (Å²) in [5.74, 6) is 0.532. The Morgan fingerprint density at radius 2 is 1.83 bits per heavy atom. The smallest absolute Gasteiger partial charge is 0.261 e. The SMILES string of the molecule is Cc1ccc(NS(=O)(=O)c2cccc(C(=O)Nc3ccnn3CC(C)C)c2)cc1. The fraction of sp³-hybridized carbons (Fsp3) is 0.238. The standard InChI is InChI=1S/C21H24N4O3S/c1-15(2)14-25-20(11-12-22-25)23-21(26)17-5-4-6-19(13-17)29(27,28)24-18-9-7-16(3)8-10-18/h4-13,15,24H,14H2,1-3H3,(H,23,26). The molecule has 0 radical (unpaired) electrons. The number of hydrogen-bond donors (Lipinski definition) is 2. The summed E-state index contributed by atoms with van der Waals surface area (Å²) < 4.78 is 29.6. The highest BCUT2D eigenvalue weighted by molar-refractivity contribution is 7.92. The molecule has 3 rings (SSSR count). The number of hydrogen-bond acceptors (Lipinski definition) is 4. The Kier molecular flexibility index (Phi) is 6.03.